The second-order valence-corrected chi connectivity index (χ2v) is 5.10. The molecule has 2 atom stereocenters. The third-order valence-corrected chi connectivity index (χ3v) is 4.10. The van der Waals surface area contributed by atoms with Gasteiger partial charge in [0.1, 0.15) is 0 Å². The number of hydrogen-bond acceptors (Lipinski definition) is 4. The monoisotopic (exact) mass is 248 g/mol. The molecule has 1 fully saturated rings. The molecule has 0 saturated carbocycles. The summed E-state index contributed by atoms with van der Waals surface area (Å²) in [5.74, 6) is 1.73. The van der Waals surface area contributed by atoms with Gasteiger partial charge >= 0.3 is 0 Å². The highest BCUT2D eigenvalue weighted by molar-refractivity contribution is 5.45. The molecule has 1 saturated heterocycles. The molecule has 2 unspecified atom stereocenters. The molecule has 1 N–H and O–H groups in total. The maximum Gasteiger partial charge on any atom is 0.231 e. The van der Waals surface area contributed by atoms with Gasteiger partial charge in [-0.25, -0.2) is 0 Å². The number of benzene rings is 1. The summed E-state index contributed by atoms with van der Waals surface area (Å²) in [6.45, 7) is 4.81. The lowest BCUT2D eigenvalue weighted by Gasteiger charge is -2.30. The molecule has 0 amide bonds. The Balaban J connectivity index is 1.77. The Morgan fingerprint density at radius 2 is 2.17 bits per heavy atom. The third-order valence-electron chi connectivity index (χ3n) is 4.10. The van der Waals surface area contributed by atoms with Crippen LogP contribution < -0.4 is 14.8 Å². The molecule has 2 aliphatic rings. The van der Waals surface area contributed by atoms with E-state index in [1.807, 2.05) is 6.07 Å². The highest BCUT2D eigenvalue weighted by Crippen LogP contribution is 2.35. The van der Waals surface area contributed by atoms with Crippen LogP contribution in [0.4, 0.5) is 0 Å². The van der Waals surface area contributed by atoms with Crippen LogP contribution in [0.3, 0.4) is 0 Å². The Morgan fingerprint density at radius 1 is 1.33 bits per heavy atom. The van der Waals surface area contributed by atoms with Gasteiger partial charge in [-0.1, -0.05) is 6.07 Å². The van der Waals surface area contributed by atoms with Gasteiger partial charge in [0.25, 0.3) is 0 Å². The summed E-state index contributed by atoms with van der Waals surface area (Å²) in [6.07, 6.45) is 1.23. The second kappa shape index (κ2) is 4.78. The number of nitrogens with zero attached hydrogens (tertiary/aromatic N) is 1. The van der Waals surface area contributed by atoms with E-state index in [2.05, 4.69) is 36.3 Å². The van der Waals surface area contributed by atoms with E-state index >= 15 is 0 Å². The number of rotatable bonds is 3. The zero-order valence-electron chi connectivity index (χ0n) is 11.0. The van der Waals surface area contributed by atoms with E-state index < -0.39 is 0 Å². The molecule has 18 heavy (non-hydrogen) atoms. The van der Waals surface area contributed by atoms with Gasteiger partial charge in [-0.2, -0.15) is 0 Å². The van der Waals surface area contributed by atoms with Crippen molar-refractivity contribution >= 4 is 0 Å². The molecule has 0 radical (unpaired) electrons. The number of hydrogen-bond donors (Lipinski definition) is 1. The van der Waals surface area contributed by atoms with Gasteiger partial charge in [0.05, 0.1) is 0 Å². The molecule has 2 aliphatic heterocycles. The molecule has 0 bridgehead atoms. The normalized spacial score (nSPS) is 23.6. The van der Waals surface area contributed by atoms with Crippen LogP contribution in [-0.4, -0.2) is 37.9 Å². The van der Waals surface area contributed by atoms with Crippen molar-refractivity contribution in [2.75, 3.05) is 26.9 Å². The van der Waals surface area contributed by atoms with Gasteiger partial charge in [-0.15, -0.1) is 0 Å². The number of fused-ring (bicyclic) bond motifs is 1. The molecule has 2 heterocycles. The van der Waals surface area contributed by atoms with Gasteiger partial charge in [0.2, 0.25) is 6.79 Å². The summed E-state index contributed by atoms with van der Waals surface area (Å²) in [5.41, 5.74) is 1.29. The summed E-state index contributed by atoms with van der Waals surface area (Å²) in [7, 11) is 2.20. The van der Waals surface area contributed by atoms with Crippen LogP contribution in [0.15, 0.2) is 18.2 Å². The SMILES string of the molecule is CC(c1ccc2c(c1)OCO2)N(C)C1CCNC1. The molecule has 4 nitrogen and oxygen atoms in total. The van der Waals surface area contributed by atoms with Crippen LogP contribution in [0.5, 0.6) is 11.5 Å². The van der Waals surface area contributed by atoms with Crippen molar-refractivity contribution < 1.29 is 9.47 Å². The molecular formula is C14H20N2O2. The van der Waals surface area contributed by atoms with Crippen LogP contribution in [-0.2, 0) is 0 Å². The first-order chi connectivity index (χ1) is 8.75. The van der Waals surface area contributed by atoms with E-state index in [1.54, 1.807) is 0 Å². The molecule has 1 aromatic carbocycles. The smallest absolute Gasteiger partial charge is 0.231 e. The first-order valence-electron chi connectivity index (χ1n) is 6.58. The Hall–Kier alpha value is -1.26. The van der Waals surface area contributed by atoms with Crippen LogP contribution in [0.1, 0.15) is 24.9 Å². The largest absolute Gasteiger partial charge is 0.454 e. The van der Waals surface area contributed by atoms with E-state index in [0.29, 0.717) is 18.9 Å². The Bertz CT molecular complexity index is 430. The molecule has 0 aliphatic carbocycles. The van der Waals surface area contributed by atoms with Gasteiger partial charge < -0.3 is 14.8 Å². The van der Waals surface area contributed by atoms with Crippen molar-refractivity contribution in [3.63, 3.8) is 0 Å². The van der Waals surface area contributed by atoms with Crippen molar-refractivity contribution in [3.05, 3.63) is 23.8 Å². The van der Waals surface area contributed by atoms with Crippen molar-refractivity contribution in [3.8, 4) is 11.5 Å². The molecule has 0 spiro atoms. The van der Waals surface area contributed by atoms with E-state index in [-0.39, 0.29) is 0 Å². The standard InChI is InChI=1S/C14H20N2O2/c1-10(16(2)12-5-6-15-8-12)11-3-4-13-14(7-11)18-9-17-13/h3-4,7,10,12,15H,5-6,8-9H2,1-2H3. The van der Waals surface area contributed by atoms with Gasteiger partial charge in [0, 0.05) is 18.6 Å². The Kier molecular flexibility index (Phi) is 3.14. The van der Waals surface area contributed by atoms with E-state index in [9.17, 15) is 0 Å². The highest BCUT2D eigenvalue weighted by atomic mass is 16.7. The topological polar surface area (TPSA) is 33.7 Å². The number of ether oxygens (including phenoxy) is 2. The van der Waals surface area contributed by atoms with Crippen molar-refractivity contribution in [1.29, 1.82) is 0 Å². The van der Waals surface area contributed by atoms with Crippen molar-refractivity contribution in [2.45, 2.75) is 25.4 Å². The lowest BCUT2D eigenvalue weighted by molar-refractivity contribution is 0.173. The van der Waals surface area contributed by atoms with E-state index in [4.69, 9.17) is 9.47 Å². The van der Waals surface area contributed by atoms with Gasteiger partial charge in [0.15, 0.2) is 11.5 Å². The predicted molar refractivity (Wildman–Crippen MR) is 70.0 cm³/mol. The molecule has 98 valence electrons. The van der Waals surface area contributed by atoms with E-state index in [0.717, 1.165) is 24.6 Å². The van der Waals surface area contributed by atoms with Crippen LogP contribution in [0.25, 0.3) is 0 Å². The molecule has 0 aromatic heterocycles. The Morgan fingerprint density at radius 3 is 2.94 bits per heavy atom. The fourth-order valence-electron chi connectivity index (χ4n) is 2.71. The number of nitrogens with one attached hydrogen (secondary N) is 1. The minimum Gasteiger partial charge on any atom is -0.454 e. The van der Waals surface area contributed by atoms with Gasteiger partial charge in [-0.05, 0) is 44.6 Å². The maximum atomic E-state index is 5.44. The predicted octanol–water partition coefficient (Wildman–Crippen LogP) is 1.77. The zero-order valence-corrected chi connectivity index (χ0v) is 11.0. The lowest BCUT2D eigenvalue weighted by Crippen LogP contribution is -2.35. The average molecular weight is 248 g/mol. The average Bonchev–Trinajstić information content (AvgIpc) is 3.06. The van der Waals surface area contributed by atoms with Crippen LogP contribution in [0.2, 0.25) is 0 Å². The first-order valence-corrected chi connectivity index (χ1v) is 6.58. The summed E-state index contributed by atoms with van der Waals surface area (Å²) in [4.78, 5) is 2.44. The van der Waals surface area contributed by atoms with Gasteiger partial charge in [-0.3, -0.25) is 4.90 Å². The second-order valence-electron chi connectivity index (χ2n) is 5.10. The Labute approximate surface area is 108 Å². The quantitative estimate of drug-likeness (QED) is 0.884. The summed E-state index contributed by atoms with van der Waals surface area (Å²) < 4.78 is 10.8. The van der Waals surface area contributed by atoms with Crippen molar-refractivity contribution in [2.24, 2.45) is 0 Å². The van der Waals surface area contributed by atoms with E-state index in [1.165, 1.54) is 12.0 Å². The first kappa shape index (κ1) is 11.8. The maximum absolute atomic E-state index is 5.44. The van der Waals surface area contributed by atoms with Crippen molar-refractivity contribution in [1.82, 2.24) is 10.2 Å². The summed E-state index contributed by atoms with van der Waals surface area (Å²) >= 11 is 0. The molecule has 4 heteroatoms. The highest BCUT2D eigenvalue weighted by Gasteiger charge is 2.25. The fraction of sp³-hybridized carbons (Fsp3) is 0.571. The number of likely N-dealkylation sites (N-methyl/N-ethyl adjacent to an activating group) is 1. The minimum atomic E-state index is 0.343. The minimum absolute atomic E-state index is 0.343. The van der Waals surface area contributed by atoms with Crippen LogP contribution >= 0.6 is 0 Å². The molecule has 1 aromatic rings. The fourth-order valence-corrected chi connectivity index (χ4v) is 2.71. The molecular weight excluding hydrogens is 228 g/mol. The summed E-state index contributed by atoms with van der Waals surface area (Å²) in [5, 5.41) is 3.41. The zero-order chi connectivity index (χ0) is 12.5. The van der Waals surface area contributed by atoms with Crippen LogP contribution in [0, 0.1) is 0 Å². The third kappa shape index (κ3) is 2.06. The molecule has 3 rings (SSSR count). The summed E-state index contributed by atoms with van der Waals surface area (Å²) in [6, 6.07) is 7.27. The lowest BCUT2D eigenvalue weighted by atomic mass is 10.0.